The number of amides is 2. The Bertz CT molecular complexity index is 626. The van der Waals surface area contributed by atoms with Crippen molar-refractivity contribution in [2.75, 3.05) is 53.0 Å². The summed E-state index contributed by atoms with van der Waals surface area (Å²) < 4.78 is 5.07. The number of aryl methyl sites for hydroxylation is 1. The molecule has 0 bridgehead atoms. The first-order valence-electron chi connectivity index (χ1n) is 8.98. The van der Waals surface area contributed by atoms with Crippen molar-refractivity contribution in [3.05, 3.63) is 35.4 Å². The van der Waals surface area contributed by atoms with Crippen molar-refractivity contribution in [2.45, 2.75) is 19.4 Å². The fourth-order valence-electron chi connectivity index (χ4n) is 3.68. The van der Waals surface area contributed by atoms with Crippen LogP contribution in [0.25, 0.3) is 0 Å². The zero-order valence-electron chi connectivity index (χ0n) is 15.1. The summed E-state index contributed by atoms with van der Waals surface area (Å²) >= 11 is 0. The van der Waals surface area contributed by atoms with Gasteiger partial charge in [-0.3, -0.25) is 14.5 Å². The van der Waals surface area contributed by atoms with Crippen molar-refractivity contribution in [3.63, 3.8) is 0 Å². The van der Waals surface area contributed by atoms with Gasteiger partial charge in [0, 0.05) is 51.9 Å². The molecule has 6 nitrogen and oxygen atoms in total. The van der Waals surface area contributed by atoms with Crippen LogP contribution in [-0.4, -0.2) is 85.5 Å². The lowest BCUT2D eigenvalue weighted by Gasteiger charge is -2.37. The number of rotatable bonds is 5. The van der Waals surface area contributed by atoms with Gasteiger partial charge in [-0.25, -0.2) is 0 Å². The molecule has 2 heterocycles. The average Bonchev–Trinajstić information content (AvgIpc) is 3.00. The van der Waals surface area contributed by atoms with Gasteiger partial charge in [-0.1, -0.05) is 17.7 Å². The Morgan fingerprint density at radius 3 is 2.64 bits per heavy atom. The molecule has 1 aromatic carbocycles. The van der Waals surface area contributed by atoms with Crippen LogP contribution in [0.1, 0.15) is 22.3 Å². The van der Waals surface area contributed by atoms with E-state index < -0.39 is 0 Å². The van der Waals surface area contributed by atoms with E-state index in [9.17, 15) is 9.59 Å². The van der Waals surface area contributed by atoms with Crippen molar-refractivity contribution in [1.29, 1.82) is 0 Å². The van der Waals surface area contributed by atoms with Gasteiger partial charge in [0.05, 0.1) is 12.6 Å². The Balaban J connectivity index is 1.54. The minimum atomic E-state index is -0.0342. The summed E-state index contributed by atoms with van der Waals surface area (Å²) in [5, 5.41) is 0. The Labute approximate surface area is 149 Å². The number of carbonyl (C=O) groups excluding carboxylic acids is 2. The van der Waals surface area contributed by atoms with Gasteiger partial charge in [0.15, 0.2) is 0 Å². The molecule has 0 aromatic heterocycles. The van der Waals surface area contributed by atoms with Crippen LogP contribution < -0.4 is 0 Å². The highest BCUT2D eigenvalue weighted by Gasteiger charge is 2.37. The average molecular weight is 345 g/mol. The van der Waals surface area contributed by atoms with E-state index in [4.69, 9.17) is 4.74 Å². The van der Waals surface area contributed by atoms with Crippen LogP contribution in [0.4, 0.5) is 0 Å². The Kier molecular flexibility index (Phi) is 5.71. The lowest BCUT2D eigenvalue weighted by atomic mass is 10.1. The summed E-state index contributed by atoms with van der Waals surface area (Å²) in [7, 11) is 1.66. The van der Waals surface area contributed by atoms with Crippen LogP contribution >= 0.6 is 0 Å². The molecule has 0 saturated carbocycles. The molecule has 136 valence electrons. The molecular formula is C19H27N3O3. The van der Waals surface area contributed by atoms with Crippen molar-refractivity contribution < 1.29 is 14.3 Å². The highest BCUT2D eigenvalue weighted by atomic mass is 16.5. The lowest BCUT2D eigenvalue weighted by Crippen LogP contribution is -2.53. The number of carbonyl (C=O) groups is 2. The van der Waals surface area contributed by atoms with Crippen LogP contribution in [0.5, 0.6) is 0 Å². The third-order valence-corrected chi connectivity index (χ3v) is 5.14. The Morgan fingerprint density at radius 2 is 1.96 bits per heavy atom. The number of benzene rings is 1. The van der Waals surface area contributed by atoms with Crippen LogP contribution in [-0.2, 0) is 9.53 Å². The molecule has 2 aliphatic rings. The van der Waals surface area contributed by atoms with Crippen molar-refractivity contribution >= 4 is 11.8 Å². The van der Waals surface area contributed by atoms with E-state index in [-0.39, 0.29) is 17.9 Å². The summed E-state index contributed by atoms with van der Waals surface area (Å²) in [5.74, 6) is 0.290. The first kappa shape index (κ1) is 17.9. The van der Waals surface area contributed by atoms with Gasteiger partial charge < -0.3 is 14.5 Å². The second-order valence-corrected chi connectivity index (χ2v) is 6.82. The molecule has 25 heavy (non-hydrogen) atoms. The summed E-state index contributed by atoms with van der Waals surface area (Å²) in [4.78, 5) is 31.2. The highest BCUT2D eigenvalue weighted by Crippen LogP contribution is 2.19. The van der Waals surface area contributed by atoms with Gasteiger partial charge >= 0.3 is 0 Å². The molecule has 0 radical (unpaired) electrons. The molecular weight excluding hydrogens is 318 g/mol. The minimum Gasteiger partial charge on any atom is -0.383 e. The fraction of sp³-hybridized carbons (Fsp3) is 0.579. The van der Waals surface area contributed by atoms with Gasteiger partial charge in [-0.15, -0.1) is 0 Å². The summed E-state index contributed by atoms with van der Waals surface area (Å²) in [6.07, 6.45) is 0.869. The molecule has 0 aliphatic carbocycles. The first-order valence-corrected chi connectivity index (χ1v) is 8.98. The van der Waals surface area contributed by atoms with Gasteiger partial charge in [0.1, 0.15) is 0 Å². The van der Waals surface area contributed by atoms with Gasteiger partial charge in [0.25, 0.3) is 5.91 Å². The molecule has 1 unspecified atom stereocenters. The van der Waals surface area contributed by atoms with Crippen LogP contribution in [0.3, 0.4) is 0 Å². The van der Waals surface area contributed by atoms with E-state index in [1.165, 1.54) is 0 Å². The SMILES string of the molecule is COCCN1CCC(N2CCN(C(=O)c3cccc(C)c3)CC2)C1=O. The maximum atomic E-state index is 12.6. The molecule has 2 amide bonds. The molecule has 1 atom stereocenters. The molecule has 1 aromatic rings. The largest absolute Gasteiger partial charge is 0.383 e. The van der Waals surface area contributed by atoms with E-state index in [1.807, 2.05) is 41.0 Å². The zero-order valence-corrected chi connectivity index (χ0v) is 15.1. The van der Waals surface area contributed by atoms with Crippen LogP contribution in [0.15, 0.2) is 24.3 Å². The van der Waals surface area contributed by atoms with Gasteiger partial charge in [0.2, 0.25) is 5.91 Å². The van der Waals surface area contributed by atoms with E-state index >= 15 is 0 Å². The van der Waals surface area contributed by atoms with E-state index in [2.05, 4.69) is 4.90 Å². The highest BCUT2D eigenvalue weighted by molar-refractivity contribution is 5.94. The molecule has 2 saturated heterocycles. The number of piperazine rings is 1. The molecule has 2 aliphatic heterocycles. The monoisotopic (exact) mass is 345 g/mol. The quantitative estimate of drug-likeness (QED) is 0.799. The molecule has 6 heteroatoms. The fourth-order valence-corrected chi connectivity index (χ4v) is 3.68. The third kappa shape index (κ3) is 4.02. The lowest BCUT2D eigenvalue weighted by molar-refractivity contribution is -0.133. The third-order valence-electron chi connectivity index (χ3n) is 5.14. The number of likely N-dealkylation sites (tertiary alicyclic amines) is 1. The maximum absolute atomic E-state index is 12.6. The van der Waals surface area contributed by atoms with Gasteiger partial charge in [-0.05, 0) is 25.5 Å². The molecule has 0 N–H and O–H groups in total. The number of hydrogen-bond donors (Lipinski definition) is 0. The number of ether oxygens (including phenoxy) is 1. The normalized spacial score (nSPS) is 21.8. The topological polar surface area (TPSA) is 53.1 Å². The second kappa shape index (κ2) is 7.97. The van der Waals surface area contributed by atoms with Crippen molar-refractivity contribution in [3.8, 4) is 0 Å². The number of methoxy groups -OCH3 is 1. The second-order valence-electron chi connectivity index (χ2n) is 6.82. The number of nitrogens with zero attached hydrogens (tertiary/aromatic N) is 3. The van der Waals surface area contributed by atoms with E-state index in [1.54, 1.807) is 7.11 Å². The predicted molar refractivity (Wildman–Crippen MR) is 95.5 cm³/mol. The van der Waals surface area contributed by atoms with E-state index in [0.717, 1.165) is 37.2 Å². The van der Waals surface area contributed by atoms with Crippen LogP contribution in [0.2, 0.25) is 0 Å². The minimum absolute atomic E-state index is 0.0342. The molecule has 3 rings (SSSR count). The van der Waals surface area contributed by atoms with Crippen molar-refractivity contribution in [1.82, 2.24) is 14.7 Å². The maximum Gasteiger partial charge on any atom is 0.253 e. The zero-order chi connectivity index (χ0) is 17.8. The van der Waals surface area contributed by atoms with Gasteiger partial charge in [-0.2, -0.15) is 0 Å². The summed E-state index contributed by atoms with van der Waals surface area (Å²) in [6, 6.07) is 7.69. The Hall–Kier alpha value is -1.92. The van der Waals surface area contributed by atoms with E-state index in [0.29, 0.717) is 26.2 Å². The number of hydrogen-bond acceptors (Lipinski definition) is 4. The summed E-state index contributed by atoms with van der Waals surface area (Å²) in [5.41, 5.74) is 1.84. The van der Waals surface area contributed by atoms with Crippen molar-refractivity contribution in [2.24, 2.45) is 0 Å². The predicted octanol–water partition coefficient (Wildman–Crippen LogP) is 1.00. The summed E-state index contributed by atoms with van der Waals surface area (Å²) in [6.45, 7) is 6.90. The molecule has 2 fully saturated rings. The Morgan fingerprint density at radius 1 is 1.20 bits per heavy atom. The van der Waals surface area contributed by atoms with Crippen LogP contribution in [0, 0.1) is 6.92 Å². The molecule has 0 spiro atoms. The first-order chi connectivity index (χ1) is 12.1. The standard InChI is InChI=1S/C19H27N3O3/c1-15-4-3-5-16(14-15)18(23)22-10-8-20(9-11-22)17-6-7-21(19(17)24)12-13-25-2/h3-5,14,17H,6-13H2,1-2H3. The smallest absolute Gasteiger partial charge is 0.253 e.